The third-order valence-corrected chi connectivity index (χ3v) is 3.76. The maximum atomic E-state index is 12.1. The molecule has 0 atom stereocenters. The highest BCUT2D eigenvalue weighted by atomic mass is 19.4. The minimum atomic E-state index is -4.68. The van der Waals surface area contributed by atoms with Crippen molar-refractivity contribution in [2.75, 3.05) is 19.6 Å². The fourth-order valence-corrected chi connectivity index (χ4v) is 2.40. The van der Waals surface area contributed by atoms with E-state index in [1.54, 1.807) is 0 Å². The van der Waals surface area contributed by atoms with Crippen molar-refractivity contribution in [1.82, 2.24) is 10.2 Å². The monoisotopic (exact) mass is 344 g/mol. The Labute approximate surface area is 139 Å². The van der Waals surface area contributed by atoms with Crippen LogP contribution in [0.2, 0.25) is 0 Å². The van der Waals surface area contributed by atoms with E-state index in [9.17, 15) is 13.2 Å². The first-order valence-electron chi connectivity index (χ1n) is 8.00. The van der Waals surface area contributed by atoms with Gasteiger partial charge in [0.2, 0.25) is 0 Å². The molecule has 1 aliphatic carbocycles. The highest BCUT2D eigenvalue weighted by molar-refractivity contribution is 5.77. The third kappa shape index (κ3) is 6.66. The Kier molecular flexibility index (Phi) is 6.30. The number of guanidine groups is 1. The first-order valence-corrected chi connectivity index (χ1v) is 8.00. The van der Waals surface area contributed by atoms with Gasteiger partial charge in [0.15, 0.2) is 5.96 Å². The lowest BCUT2D eigenvalue weighted by Crippen LogP contribution is -2.39. The Morgan fingerprint density at radius 3 is 2.54 bits per heavy atom. The standard InChI is InChI=1S/C16H23F3N4O/c1-2-23(13-5-6-13)10-9-21-15(20)22-11-12-3-7-14(8-4-12)24-16(17,18)19/h3-4,7-8,13H,2,5-6,9-11H2,1H3,(H3,20,21,22). The largest absolute Gasteiger partial charge is 0.573 e. The van der Waals surface area contributed by atoms with Crippen molar-refractivity contribution in [1.29, 1.82) is 0 Å². The zero-order valence-corrected chi connectivity index (χ0v) is 13.6. The van der Waals surface area contributed by atoms with Crippen LogP contribution < -0.4 is 15.8 Å². The summed E-state index contributed by atoms with van der Waals surface area (Å²) in [7, 11) is 0. The number of alkyl halides is 3. The maximum absolute atomic E-state index is 12.1. The lowest BCUT2D eigenvalue weighted by atomic mass is 10.2. The molecule has 1 fully saturated rings. The predicted molar refractivity (Wildman–Crippen MR) is 86.7 cm³/mol. The normalized spacial score (nSPS) is 15.6. The summed E-state index contributed by atoms with van der Waals surface area (Å²) < 4.78 is 40.0. The highest BCUT2D eigenvalue weighted by Gasteiger charge is 2.31. The number of nitrogens with zero attached hydrogens (tertiary/aromatic N) is 2. The van der Waals surface area contributed by atoms with E-state index in [4.69, 9.17) is 5.73 Å². The van der Waals surface area contributed by atoms with Crippen molar-refractivity contribution < 1.29 is 17.9 Å². The van der Waals surface area contributed by atoms with Gasteiger partial charge in [-0.15, -0.1) is 13.2 Å². The van der Waals surface area contributed by atoms with Crippen molar-refractivity contribution in [2.24, 2.45) is 10.7 Å². The van der Waals surface area contributed by atoms with Gasteiger partial charge in [0.25, 0.3) is 0 Å². The number of halogens is 3. The van der Waals surface area contributed by atoms with Gasteiger partial charge in [-0.25, -0.2) is 4.99 Å². The first-order chi connectivity index (χ1) is 11.4. The van der Waals surface area contributed by atoms with Crippen LogP contribution in [0.5, 0.6) is 5.75 Å². The average Bonchev–Trinajstić information content (AvgIpc) is 3.34. The van der Waals surface area contributed by atoms with Crippen molar-refractivity contribution in [3.63, 3.8) is 0 Å². The summed E-state index contributed by atoms with van der Waals surface area (Å²) in [4.78, 5) is 6.59. The Bertz CT molecular complexity index is 541. The van der Waals surface area contributed by atoms with Crippen LogP contribution in [-0.4, -0.2) is 42.9 Å². The van der Waals surface area contributed by atoms with Gasteiger partial charge < -0.3 is 15.8 Å². The minimum Gasteiger partial charge on any atom is -0.406 e. The van der Waals surface area contributed by atoms with Crippen LogP contribution in [0.25, 0.3) is 0 Å². The summed E-state index contributed by atoms with van der Waals surface area (Å²) in [6.45, 7) is 5.10. The molecule has 8 heteroatoms. The molecule has 134 valence electrons. The van der Waals surface area contributed by atoms with E-state index in [0.29, 0.717) is 18.5 Å². The molecular weight excluding hydrogens is 321 g/mol. The lowest BCUT2D eigenvalue weighted by molar-refractivity contribution is -0.274. The van der Waals surface area contributed by atoms with Crippen LogP contribution in [0, 0.1) is 0 Å². The Hall–Kier alpha value is -1.96. The topological polar surface area (TPSA) is 62.9 Å². The second-order valence-corrected chi connectivity index (χ2v) is 5.68. The van der Waals surface area contributed by atoms with Crippen LogP contribution in [0.15, 0.2) is 29.3 Å². The molecule has 5 nitrogen and oxygen atoms in total. The van der Waals surface area contributed by atoms with Gasteiger partial charge in [0.1, 0.15) is 5.75 Å². The Balaban J connectivity index is 1.73. The van der Waals surface area contributed by atoms with Crippen molar-refractivity contribution >= 4 is 5.96 Å². The molecule has 0 bridgehead atoms. The smallest absolute Gasteiger partial charge is 0.406 e. The summed E-state index contributed by atoms with van der Waals surface area (Å²) in [5.41, 5.74) is 6.55. The quantitative estimate of drug-likeness (QED) is 0.562. The fourth-order valence-electron chi connectivity index (χ4n) is 2.40. The van der Waals surface area contributed by atoms with Crippen molar-refractivity contribution in [3.05, 3.63) is 29.8 Å². The van der Waals surface area contributed by atoms with Crippen molar-refractivity contribution in [2.45, 2.75) is 38.7 Å². The summed E-state index contributed by atoms with van der Waals surface area (Å²) in [6.07, 6.45) is -2.14. The number of rotatable bonds is 8. The highest BCUT2D eigenvalue weighted by Crippen LogP contribution is 2.25. The van der Waals surface area contributed by atoms with E-state index in [2.05, 4.69) is 26.9 Å². The number of aliphatic imine (C=N–C) groups is 1. The predicted octanol–water partition coefficient (Wildman–Crippen LogP) is 2.47. The second kappa shape index (κ2) is 8.23. The second-order valence-electron chi connectivity index (χ2n) is 5.68. The molecule has 0 spiro atoms. The molecule has 0 amide bonds. The number of hydrogen-bond acceptors (Lipinski definition) is 3. The number of ether oxygens (including phenoxy) is 1. The van der Waals surface area contributed by atoms with Gasteiger partial charge in [-0.2, -0.15) is 0 Å². The van der Waals surface area contributed by atoms with Gasteiger partial charge in [-0.3, -0.25) is 4.90 Å². The van der Waals surface area contributed by atoms with E-state index in [0.717, 1.165) is 25.2 Å². The van der Waals surface area contributed by atoms with E-state index in [1.807, 2.05) is 0 Å². The van der Waals surface area contributed by atoms with E-state index < -0.39 is 6.36 Å². The van der Waals surface area contributed by atoms with Crippen LogP contribution >= 0.6 is 0 Å². The number of benzene rings is 1. The molecule has 0 unspecified atom stereocenters. The third-order valence-electron chi connectivity index (χ3n) is 3.76. The molecule has 0 aromatic heterocycles. The Morgan fingerprint density at radius 2 is 2.00 bits per heavy atom. The van der Waals surface area contributed by atoms with Crippen LogP contribution in [-0.2, 0) is 6.54 Å². The molecule has 1 aliphatic rings. The molecule has 1 aromatic carbocycles. The number of hydrogen-bond donors (Lipinski definition) is 2. The van der Waals surface area contributed by atoms with Gasteiger partial charge in [0.05, 0.1) is 6.54 Å². The Morgan fingerprint density at radius 1 is 1.33 bits per heavy atom. The molecule has 2 rings (SSSR count). The van der Waals surface area contributed by atoms with E-state index in [1.165, 1.54) is 37.1 Å². The van der Waals surface area contributed by atoms with Crippen LogP contribution in [0.1, 0.15) is 25.3 Å². The molecule has 3 N–H and O–H groups in total. The summed E-state index contributed by atoms with van der Waals surface area (Å²) in [5.74, 6) is 0.0820. The van der Waals surface area contributed by atoms with Gasteiger partial charge in [-0.05, 0) is 37.1 Å². The van der Waals surface area contributed by atoms with Gasteiger partial charge in [0, 0.05) is 19.1 Å². The van der Waals surface area contributed by atoms with Crippen molar-refractivity contribution in [3.8, 4) is 5.75 Å². The molecule has 0 saturated heterocycles. The van der Waals surface area contributed by atoms with Gasteiger partial charge in [-0.1, -0.05) is 19.1 Å². The lowest BCUT2D eigenvalue weighted by Gasteiger charge is -2.19. The molecule has 0 aliphatic heterocycles. The van der Waals surface area contributed by atoms with Crippen LogP contribution in [0.4, 0.5) is 13.2 Å². The van der Waals surface area contributed by atoms with E-state index in [-0.39, 0.29) is 5.75 Å². The van der Waals surface area contributed by atoms with Crippen LogP contribution in [0.3, 0.4) is 0 Å². The summed E-state index contributed by atoms with van der Waals surface area (Å²) in [6, 6.07) is 6.30. The molecule has 0 heterocycles. The minimum absolute atomic E-state index is 0.249. The SMILES string of the molecule is CCN(CCNC(N)=NCc1ccc(OC(F)(F)F)cc1)C1CC1. The average molecular weight is 344 g/mol. The fraction of sp³-hybridized carbons (Fsp3) is 0.562. The summed E-state index contributed by atoms with van der Waals surface area (Å²) >= 11 is 0. The zero-order chi connectivity index (χ0) is 17.6. The molecule has 24 heavy (non-hydrogen) atoms. The van der Waals surface area contributed by atoms with E-state index >= 15 is 0 Å². The molecule has 1 aromatic rings. The molecular formula is C16H23F3N4O. The molecule has 1 saturated carbocycles. The van der Waals surface area contributed by atoms with Gasteiger partial charge >= 0.3 is 6.36 Å². The number of likely N-dealkylation sites (N-methyl/N-ethyl adjacent to an activating group) is 1. The molecule has 0 radical (unpaired) electrons. The number of nitrogens with two attached hydrogens (primary N) is 1. The summed E-state index contributed by atoms with van der Waals surface area (Å²) in [5, 5.41) is 3.06. The first kappa shape index (κ1) is 18.4. The number of nitrogens with one attached hydrogen (secondary N) is 1. The zero-order valence-electron chi connectivity index (χ0n) is 13.6. The maximum Gasteiger partial charge on any atom is 0.573 e.